The molecule has 1 aliphatic rings. The molecule has 23 heavy (non-hydrogen) atoms. The van der Waals surface area contributed by atoms with Crippen LogP contribution < -0.4 is 10.6 Å². The smallest absolute Gasteiger partial charge is 0.228 e. The summed E-state index contributed by atoms with van der Waals surface area (Å²) in [6, 6.07) is 0. The molecule has 1 aromatic heterocycles. The lowest BCUT2D eigenvalue weighted by Crippen LogP contribution is -2.38. The molecule has 0 aliphatic heterocycles. The van der Waals surface area contributed by atoms with Crippen LogP contribution in [0, 0.1) is 12.8 Å². The van der Waals surface area contributed by atoms with Crippen molar-refractivity contribution >= 4 is 29.9 Å². The van der Waals surface area contributed by atoms with E-state index in [2.05, 4.69) is 25.8 Å². The second-order valence-corrected chi connectivity index (χ2v) is 6.06. The van der Waals surface area contributed by atoms with Crippen molar-refractivity contribution in [3.63, 3.8) is 0 Å². The zero-order valence-electron chi connectivity index (χ0n) is 14.3. The standard InChI is InChI=1S/C16H29N5O.HI/c1-13-20-15(22-21-13)10-12-19-16(17-2)18-11-6-9-14-7-4-3-5-8-14;/h14H,3-12H2,1-2H3,(H2,17,18,19);1H. The van der Waals surface area contributed by atoms with Crippen molar-refractivity contribution in [2.75, 3.05) is 20.1 Å². The van der Waals surface area contributed by atoms with Crippen LogP contribution in [0.4, 0.5) is 0 Å². The predicted octanol–water partition coefficient (Wildman–Crippen LogP) is 3.06. The topological polar surface area (TPSA) is 75.3 Å². The van der Waals surface area contributed by atoms with Crippen molar-refractivity contribution in [3.05, 3.63) is 11.7 Å². The third-order valence-corrected chi connectivity index (χ3v) is 4.23. The fourth-order valence-electron chi connectivity index (χ4n) is 3.02. The first-order valence-electron chi connectivity index (χ1n) is 8.51. The van der Waals surface area contributed by atoms with Gasteiger partial charge in [-0.15, -0.1) is 24.0 Å². The Morgan fingerprint density at radius 2 is 1.96 bits per heavy atom. The van der Waals surface area contributed by atoms with E-state index < -0.39 is 0 Å². The average Bonchev–Trinajstić information content (AvgIpc) is 2.96. The molecule has 0 amide bonds. The van der Waals surface area contributed by atoms with Crippen LogP contribution in [0.1, 0.15) is 56.7 Å². The number of halogens is 1. The molecule has 0 saturated heterocycles. The average molecular weight is 435 g/mol. The van der Waals surface area contributed by atoms with Crippen LogP contribution >= 0.6 is 24.0 Å². The first kappa shape index (κ1) is 20.2. The minimum atomic E-state index is 0. The van der Waals surface area contributed by atoms with Gasteiger partial charge in [0.2, 0.25) is 5.89 Å². The molecule has 0 atom stereocenters. The predicted molar refractivity (Wildman–Crippen MR) is 103 cm³/mol. The minimum Gasteiger partial charge on any atom is -0.356 e. The highest BCUT2D eigenvalue weighted by molar-refractivity contribution is 14.0. The molecular formula is C16H30IN5O. The molecule has 6 nitrogen and oxygen atoms in total. The van der Waals surface area contributed by atoms with E-state index in [9.17, 15) is 0 Å². The largest absolute Gasteiger partial charge is 0.356 e. The lowest BCUT2D eigenvalue weighted by molar-refractivity contribution is 0.332. The van der Waals surface area contributed by atoms with Crippen molar-refractivity contribution < 1.29 is 4.52 Å². The molecule has 1 aromatic rings. The number of nitrogens with zero attached hydrogens (tertiary/aromatic N) is 3. The first-order chi connectivity index (χ1) is 10.8. The van der Waals surface area contributed by atoms with Crippen LogP contribution in [0.2, 0.25) is 0 Å². The molecule has 2 N–H and O–H groups in total. The molecule has 1 saturated carbocycles. The Balaban J connectivity index is 0.00000264. The summed E-state index contributed by atoms with van der Waals surface area (Å²) in [5.41, 5.74) is 0. The second kappa shape index (κ2) is 11.6. The Bertz CT molecular complexity index is 457. The highest BCUT2D eigenvalue weighted by Crippen LogP contribution is 2.26. The van der Waals surface area contributed by atoms with Crippen molar-refractivity contribution in [1.82, 2.24) is 20.8 Å². The molecule has 1 heterocycles. The number of guanidine groups is 1. The lowest BCUT2D eigenvalue weighted by Gasteiger charge is -2.21. The maximum absolute atomic E-state index is 5.08. The van der Waals surface area contributed by atoms with Gasteiger partial charge in [0, 0.05) is 26.6 Å². The van der Waals surface area contributed by atoms with E-state index in [1.807, 2.05) is 6.92 Å². The molecule has 0 radical (unpaired) electrons. The normalized spacial score (nSPS) is 16.0. The van der Waals surface area contributed by atoms with Gasteiger partial charge in [-0.1, -0.05) is 37.3 Å². The van der Waals surface area contributed by atoms with Gasteiger partial charge in [-0.2, -0.15) is 4.98 Å². The fraction of sp³-hybridized carbons (Fsp3) is 0.812. The van der Waals surface area contributed by atoms with Crippen LogP contribution in [-0.4, -0.2) is 36.2 Å². The molecule has 1 fully saturated rings. The van der Waals surface area contributed by atoms with Crippen LogP contribution in [0.3, 0.4) is 0 Å². The Hall–Kier alpha value is -0.860. The van der Waals surface area contributed by atoms with Gasteiger partial charge in [0.05, 0.1) is 0 Å². The van der Waals surface area contributed by atoms with Crippen LogP contribution in [-0.2, 0) is 6.42 Å². The van der Waals surface area contributed by atoms with Gasteiger partial charge < -0.3 is 15.2 Å². The summed E-state index contributed by atoms with van der Waals surface area (Å²) >= 11 is 0. The number of nitrogens with one attached hydrogen (secondary N) is 2. The van der Waals surface area contributed by atoms with E-state index >= 15 is 0 Å². The summed E-state index contributed by atoms with van der Waals surface area (Å²) in [7, 11) is 1.80. The van der Waals surface area contributed by atoms with E-state index in [4.69, 9.17) is 4.52 Å². The fourth-order valence-corrected chi connectivity index (χ4v) is 3.02. The van der Waals surface area contributed by atoms with Gasteiger partial charge >= 0.3 is 0 Å². The maximum Gasteiger partial charge on any atom is 0.228 e. The van der Waals surface area contributed by atoms with E-state index in [1.54, 1.807) is 7.05 Å². The number of aliphatic imine (C=N–C) groups is 1. The number of aromatic nitrogens is 2. The van der Waals surface area contributed by atoms with Crippen LogP contribution in [0.5, 0.6) is 0 Å². The third kappa shape index (κ3) is 7.99. The molecule has 1 aliphatic carbocycles. The van der Waals surface area contributed by atoms with Crippen LogP contribution in [0.15, 0.2) is 9.52 Å². The summed E-state index contributed by atoms with van der Waals surface area (Å²) < 4.78 is 5.08. The van der Waals surface area contributed by atoms with E-state index in [0.29, 0.717) is 18.1 Å². The summed E-state index contributed by atoms with van der Waals surface area (Å²) in [6.07, 6.45) is 10.4. The van der Waals surface area contributed by atoms with Gasteiger partial charge in [-0.3, -0.25) is 4.99 Å². The number of hydrogen-bond donors (Lipinski definition) is 2. The van der Waals surface area contributed by atoms with Crippen LogP contribution in [0.25, 0.3) is 0 Å². The molecular weight excluding hydrogens is 405 g/mol. The Morgan fingerprint density at radius 3 is 2.61 bits per heavy atom. The van der Waals surface area contributed by atoms with Crippen molar-refractivity contribution in [1.29, 1.82) is 0 Å². The van der Waals surface area contributed by atoms with Crippen molar-refractivity contribution in [2.24, 2.45) is 10.9 Å². The van der Waals surface area contributed by atoms with Gasteiger partial charge in [0.15, 0.2) is 11.8 Å². The number of hydrogen-bond acceptors (Lipinski definition) is 4. The highest BCUT2D eigenvalue weighted by Gasteiger charge is 2.12. The summed E-state index contributed by atoms with van der Waals surface area (Å²) in [4.78, 5) is 8.42. The number of aryl methyl sites for hydroxylation is 1. The molecule has 0 spiro atoms. The zero-order chi connectivity index (χ0) is 15.6. The molecule has 0 aromatic carbocycles. The molecule has 0 unspecified atom stereocenters. The van der Waals surface area contributed by atoms with Gasteiger partial charge in [-0.25, -0.2) is 0 Å². The Labute approximate surface area is 156 Å². The summed E-state index contributed by atoms with van der Waals surface area (Å²) in [5, 5.41) is 10.4. The summed E-state index contributed by atoms with van der Waals surface area (Å²) in [5.74, 6) is 3.14. The number of rotatable bonds is 7. The zero-order valence-corrected chi connectivity index (χ0v) is 16.6. The first-order valence-corrected chi connectivity index (χ1v) is 8.51. The van der Waals surface area contributed by atoms with Gasteiger partial charge in [-0.05, 0) is 25.7 Å². The van der Waals surface area contributed by atoms with Crippen molar-refractivity contribution in [2.45, 2.75) is 58.3 Å². The molecule has 0 bridgehead atoms. The SMILES string of the molecule is CN=C(NCCCC1CCCCC1)NCCc1nc(C)no1.I. The second-order valence-electron chi connectivity index (χ2n) is 6.06. The maximum atomic E-state index is 5.08. The van der Waals surface area contributed by atoms with Gasteiger partial charge in [0.25, 0.3) is 0 Å². The lowest BCUT2D eigenvalue weighted by atomic mass is 9.86. The quantitative estimate of drug-likeness (QED) is 0.298. The van der Waals surface area contributed by atoms with E-state index in [0.717, 1.165) is 25.0 Å². The van der Waals surface area contributed by atoms with Gasteiger partial charge in [0.1, 0.15) is 0 Å². The highest BCUT2D eigenvalue weighted by atomic mass is 127. The third-order valence-electron chi connectivity index (χ3n) is 4.23. The van der Waals surface area contributed by atoms with Crippen molar-refractivity contribution in [3.8, 4) is 0 Å². The Kier molecular flexibility index (Phi) is 10.2. The van der Waals surface area contributed by atoms with E-state index in [-0.39, 0.29) is 24.0 Å². The minimum absolute atomic E-state index is 0. The Morgan fingerprint density at radius 1 is 1.22 bits per heavy atom. The molecule has 132 valence electrons. The molecule has 7 heteroatoms. The monoisotopic (exact) mass is 435 g/mol. The van der Waals surface area contributed by atoms with E-state index in [1.165, 1.54) is 44.9 Å². The summed E-state index contributed by atoms with van der Waals surface area (Å²) in [6.45, 7) is 3.55. The molecule has 2 rings (SSSR count).